The van der Waals surface area contributed by atoms with Crippen LogP contribution in [0.15, 0.2) is 58.6 Å². The van der Waals surface area contributed by atoms with Crippen LogP contribution in [0.5, 0.6) is 0 Å². The summed E-state index contributed by atoms with van der Waals surface area (Å²) in [4.78, 5) is 8.39. The molecular formula is C22H19Cl5N2O6S3. The summed E-state index contributed by atoms with van der Waals surface area (Å²) < 4.78 is 55.7. The maximum absolute atomic E-state index is 11.7. The van der Waals surface area contributed by atoms with Gasteiger partial charge >= 0.3 is 0 Å². The first-order chi connectivity index (χ1) is 17.6. The monoisotopic (exact) mass is 678 g/mol. The van der Waals surface area contributed by atoms with Crippen LogP contribution in [-0.4, -0.2) is 48.6 Å². The van der Waals surface area contributed by atoms with Gasteiger partial charge in [-0.1, -0.05) is 23.2 Å². The standard InChI is InChI=1S/C11H9Cl2NO2S.C11H10ClNO3S.Cl2OS/c1-17(15,16)10-3-7(5-12)2-8-4-9(13)6-14-11(8)10;1-17(15,16)10-3-7(6-14)2-8-4-9(12)5-13-11(8)10;1-4(2)3/h2-4,6H,5H2,1H3;2-5,14H,6H2,1H3;. The number of aliphatic hydroxyl groups is 1. The average molecular weight is 681 g/mol. The lowest BCUT2D eigenvalue weighted by molar-refractivity contribution is 0.281. The third-order valence-corrected chi connectivity index (χ3v) is 7.63. The number of fused-ring (bicyclic) bond motifs is 2. The van der Waals surface area contributed by atoms with Gasteiger partial charge in [-0.2, -0.15) is 0 Å². The molecule has 2 heterocycles. The number of halogens is 5. The van der Waals surface area contributed by atoms with Gasteiger partial charge in [0.1, 0.15) is 0 Å². The number of aromatic nitrogens is 2. The minimum absolute atomic E-state index is 0.107. The average Bonchev–Trinajstić information content (AvgIpc) is 2.81. The number of benzene rings is 2. The molecule has 16 heteroatoms. The predicted octanol–water partition coefficient (Wildman–Crippen LogP) is 5.86. The molecule has 38 heavy (non-hydrogen) atoms. The Morgan fingerprint density at radius 2 is 1.13 bits per heavy atom. The van der Waals surface area contributed by atoms with E-state index in [1.807, 2.05) is 0 Å². The maximum Gasteiger partial charge on any atom is 0.211 e. The van der Waals surface area contributed by atoms with Crippen molar-refractivity contribution < 1.29 is 26.2 Å². The van der Waals surface area contributed by atoms with E-state index in [0.717, 1.165) is 18.1 Å². The van der Waals surface area contributed by atoms with E-state index >= 15 is 0 Å². The zero-order valence-electron chi connectivity index (χ0n) is 19.5. The fourth-order valence-electron chi connectivity index (χ4n) is 3.23. The number of rotatable bonds is 4. The second kappa shape index (κ2) is 13.9. The van der Waals surface area contributed by atoms with Crippen LogP contribution >= 0.6 is 56.2 Å². The van der Waals surface area contributed by atoms with Gasteiger partial charge in [0.25, 0.3) is 0 Å². The Morgan fingerprint density at radius 3 is 1.47 bits per heavy atom. The van der Waals surface area contributed by atoms with Crippen LogP contribution in [0.4, 0.5) is 0 Å². The summed E-state index contributed by atoms with van der Waals surface area (Å²) in [6.45, 7) is -0.231. The van der Waals surface area contributed by atoms with Gasteiger partial charge in [0.15, 0.2) is 19.7 Å². The highest BCUT2D eigenvalue weighted by atomic mass is 36.0. The van der Waals surface area contributed by atoms with E-state index in [1.54, 1.807) is 30.3 Å². The van der Waals surface area contributed by atoms with Crippen LogP contribution in [0.3, 0.4) is 0 Å². The number of pyridine rings is 2. The van der Waals surface area contributed by atoms with Crippen LogP contribution in [-0.2, 0) is 41.4 Å². The van der Waals surface area contributed by atoms with Gasteiger partial charge in [-0.15, -0.1) is 11.6 Å². The van der Waals surface area contributed by atoms with Gasteiger partial charge in [-0.05, 0) is 47.5 Å². The summed E-state index contributed by atoms with van der Waals surface area (Å²) in [7, 11) is 0.627. The van der Waals surface area contributed by atoms with Gasteiger partial charge in [-0.25, -0.2) is 21.0 Å². The number of hydrogen-bond acceptors (Lipinski definition) is 8. The van der Waals surface area contributed by atoms with Crippen molar-refractivity contribution in [1.82, 2.24) is 9.97 Å². The highest BCUT2D eigenvalue weighted by Crippen LogP contribution is 2.27. The molecule has 2 aromatic heterocycles. The van der Waals surface area contributed by atoms with Crippen LogP contribution in [0.1, 0.15) is 11.1 Å². The number of hydrogen-bond donors (Lipinski definition) is 1. The van der Waals surface area contributed by atoms with E-state index in [0.29, 0.717) is 37.4 Å². The Balaban J connectivity index is 0.000000234. The Hall–Kier alpha value is -1.28. The summed E-state index contributed by atoms with van der Waals surface area (Å²) in [5.41, 5.74) is 2.03. The Bertz CT molecular complexity index is 1590. The van der Waals surface area contributed by atoms with Gasteiger partial charge in [0, 0.05) is 62.9 Å². The van der Waals surface area contributed by atoms with Crippen molar-refractivity contribution in [3.8, 4) is 0 Å². The lowest BCUT2D eigenvalue weighted by Crippen LogP contribution is -2.01. The van der Waals surface area contributed by atoms with Crippen LogP contribution in [0.2, 0.25) is 10.0 Å². The molecule has 0 radical (unpaired) electrons. The maximum atomic E-state index is 11.7. The molecule has 4 aromatic rings. The lowest BCUT2D eigenvalue weighted by Gasteiger charge is -2.07. The van der Waals surface area contributed by atoms with Crippen LogP contribution in [0, 0.1) is 0 Å². The Labute approximate surface area is 246 Å². The number of aliphatic hydroxyl groups excluding tert-OH is 1. The Morgan fingerprint density at radius 1 is 0.763 bits per heavy atom. The van der Waals surface area contributed by atoms with Crippen molar-refractivity contribution in [1.29, 1.82) is 0 Å². The molecule has 0 bridgehead atoms. The summed E-state index contributed by atoms with van der Waals surface area (Å²) in [5, 5.41) is 11.3. The molecule has 1 N–H and O–H groups in total. The number of alkyl halides is 1. The van der Waals surface area contributed by atoms with E-state index in [1.165, 1.54) is 18.5 Å². The van der Waals surface area contributed by atoms with Gasteiger partial charge in [0.05, 0.1) is 37.5 Å². The Kier molecular flexibility index (Phi) is 12.0. The first-order valence-corrected chi connectivity index (χ1v) is 17.9. The summed E-state index contributed by atoms with van der Waals surface area (Å²) >= 11 is 17.4. The number of sulfone groups is 2. The van der Waals surface area contributed by atoms with Crippen molar-refractivity contribution in [2.45, 2.75) is 22.3 Å². The molecule has 0 aliphatic rings. The van der Waals surface area contributed by atoms with Crippen LogP contribution < -0.4 is 0 Å². The van der Waals surface area contributed by atoms with Gasteiger partial charge < -0.3 is 5.11 Å². The molecule has 0 saturated heterocycles. The molecule has 0 aliphatic carbocycles. The minimum Gasteiger partial charge on any atom is -0.392 e. The molecule has 4 rings (SSSR count). The zero-order valence-corrected chi connectivity index (χ0v) is 25.8. The predicted molar refractivity (Wildman–Crippen MR) is 155 cm³/mol. The van der Waals surface area contributed by atoms with Crippen molar-refractivity contribution in [3.63, 3.8) is 0 Å². The second-order valence-corrected chi connectivity index (χ2v) is 15.3. The zero-order chi connectivity index (χ0) is 28.8. The third-order valence-electron chi connectivity index (χ3n) is 4.68. The van der Waals surface area contributed by atoms with E-state index in [-0.39, 0.29) is 22.3 Å². The molecule has 0 aliphatic heterocycles. The molecule has 0 saturated carbocycles. The van der Waals surface area contributed by atoms with Gasteiger partial charge in [0.2, 0.25) is 9.23 Å². The fourth-order valence-corrected chi connectivity index (χ4v) is 5.49. The highest BCUT2D eigenvalue weighted by molar-refractivity contribution is 8.26. The highest BCUT2D eigenvalue weighted by Gasteiger charge is 2.16. The van der Waals surface area contributed by atoms with E-state index in [4.69, 9.17) is 44.1 Å². The summed E-state index contributed by atoms with van der Waals surface area (Å²) in [6, 6.07) is 9.73. The van der Waals surface area contributed by atoms with E-state index < -0.39 is 28.9 Å². The molecule has 0 amide bonds. The minimum atomic E-state index is -3.39. The smallest absolute Gasteiger partial charge is 0.211 e. The molecule has 2 aromatic carbocycles. The quantitative estimate of drug-likeness (QED) is 0.210. The molecular weight excluding hydrogens is 662 g/mol. The molecule has 206 valence electrons. The van der Waals surface area contributed by atoms with Crippen molar-refractivity contribution in [2.24, 2.45) is 0 Å². The largest absolute Gasteiger partial charge is 0.392 e. The topological polar surface area (TPSA) is 131 Å². The van der Waals surface area contributed by atoms with E-state index in [9.17, 15) is 16.8 Å². The SMILES string of the molecule is CS(=O)(=O)c1cc(CCl)cc2cc(Cl)cnc12.CS(=O)(=O)c1cc(CO)cc2cc(Cl)cnc12.O=S(Cl)Cl. The molecule has 8 nitrogen and oxygen atoms in total. The first kappa shape index (κ1) is 32.9. The van der Waals surface area contributed by atoms with Crippen LogP contribution in [0.25, 0.3) is 21.8 Å². The molecule has 0 atom stereocenters. The first-order valence-electron chi connectivity index (χ1n) is 10.0. The number of nitrogens with zero attached hydrogens (tertiary/aromatic N) is 2. The lowest BCUT2D eigenvalue weighted by atomic mass is 10.1. The summed E-state index contributed by atoms with van der Waals surface area (Å²) in [5.74, 6) is 0.241. The molecule has 0 fully saturated rings. The molecule has 0 unspecified atom stereocenters. The summed E-state index contributed by atoms with van der Waals surface area (Å²) in [6.07, 6.45) is 5.09. The second-order valence-electron chi connectivity index (χ2n) is 7.66. The van der Waals surface area contributed by atoms with E-state index in [2.05, 4.69) is 31.3 Å². The van der Waals surface area contributed by atoms with Crippen molar-refractivity contribution in [2.75, 3.05) is 12.5 Å². The van der Waals surface area contributed by atoms with Gasteiger partial charge in [-0.3, -0.25) is 9.97 Å². The van der Waals surface area contributed by atoms with Crippen molar-refractivity contribution in [3.05, 3.63) is 70.0 Å². The molecule has 0 spiro atoms. The van der Waals surface area contributed by atoms with Crippen molar-refractivity contribution >= 4 is 107 Å². The fraction of sp³-hybridized carbons (Fsp3) is 0.182. The third kappa shape index (κ3) is 9.42. The normalized spacial score (nSPS) is 11.6.